The topological polar surface area (TPSA) is 106 Å². The fourth-order valence-corrected chi connectivity index (χ4v) is 2.99. The number of ether oxygens (including phenoxy) is 2. The summed E-state index contributed by atoms with van der Waals surface area (Å²) in [6.07, 6.45) is 4.12. The highest BCUT2D eigenvalue weighted by atomic mass is 16.5. The number of allylic oxidation sites excluding steroid dienone is 1. The van der Waals surface area contributed by atoms with E-state index in [1.165, 1.54) is 26.6 Å². The molecule has 1 aromatic heterocycles. The lowest BCUT2D eigenvalue weighted by atomic mass is 10.0. The maximum Gasteiger partial charge on any atom is 0.307 e. The predicted molar refractivity (Wildman–Crippen MR) is 102 cm³/mol. The van der Waals surface area contributed by atoms with E-state index in [1.54, 1.807) is 36.4 Å². The second-order valence-corrected chi connectivity index (χ2v) is 5.97. The first-order valence-corrected chi connectivity index (χ1v) is 8.33. The number of hydrogen-bond acceptors (Lipinski definition) is 6. The van der Waals surface area contributed by atoms with Crippen LogP contribution in [0.5, 0.6) is 17.2 Å². The van der Waals surface area contributed by atoms with Gasteiger partial charge in [-0.25, -0.2) is 0 Å². The summed E-state index contributed by atoms with van der Waals surface area (Å²) in [7, 11) is 2.76. The molecule has 0 radical (unpaired) electrons. The molecule has 0 aliphatic carbocycles. The van der Waals surface area contributed by atoms with Crippen LogP contribution in [0, 0.1) is 0 Å². The van der Waals surface area contributed by atoms with E-state index in [1.807, 2.05) is 0 Å². The maximum absolute atomic E-state index is 12.8. The Kier molecular flexibility index (Phi) is 5.35. The summed E-state index contributed by atoms with van der Waals surface area (Å²) in [6, 6.07) is 8.44. The van der Waals surface area contributed by atoms with Crippen molar-refractivity contribution in [3.05, 3.63) is 59.4 Å². The third kappa shape index (κ3) is 3.55. The molecule has 0 aliphatic heterocycles. The van der Waals surface area contributed by atoms with Crippen LogP contribution in [-0.4, -0.2) is 36.2 Å². The Morgan fingerprint density at radius 1 is 1.14 bits per heavy atom. The van der Waals surface area contributed by atoms with E-state index >= 15 is 0 Å². The van der Waals surface area contributed by atoms with Gasteiger partial charge in [0.05, 0.1) is 32.3 Å². The van der Waals surface area contributed by atoms with Crippen molar-refractivity contribution in [1.29, 1.82) is 0 Å². The first-order chi connectivity index (χ1) is 13.5. The molecule has 1 heterocycles. The van der Waals surface area contributed by atoms with Gasteiger partial charge in [-0.1, -0.05) is 30.3 Å². The zero-order valence-electron chi connectivity index (χ0n) is 15.3. The molecule has 0 spiro atoms. The van der Waals surface area contributed by atoms with Crippen LogP contribution in [0.3, 0.4) is 0 Å². The molecule has 0 amide bonds. The van der Waals surface area contributed by atoms with Gasteiger partial charge in [-0.3, -0.25) is 9.59 Å². The van der Waals surface area contributed by atoms with E-state index in [2.05, 4.69) is 0 Å². The van der Waals surface area contributed by atoms with Crippen molar-refractivity contribution < 1.29 is 33.7 Å². The number of carboxylic acids is 1. The van der Waals surface area contributed by atoms with Crippen molar-refractivity contribution in [3.8, 4) is 17.2 Å². The summed E-state index contributed by atoms with van der Waals surface area (Å²) in [4.78, 5) is 23.7. The lowest BCUT2D eigenvalue weighted by molar-refractivity contribution is -0.136. The largest absolute Gasteiger partial charge is 0.504 e. The zero-order chi connectivity index (χ0) is 20.3. The number of carboxylic acid groups (broad SMARTS) is 1. The Morgan fingerprint density at radius 2 is 1.89 bits per heavy atom. The number of aromatic hydroxyl groups is 1. The number of benzene rings is 2. The zero-order valence-corrected chi connectivity index (χ0v) is 15.3. The van der Waals surface area contributed by atoms with Crippen LogP contribution in [0.15, 0.2) is 47.1 Å². The first kappa shape index (κ1) is 19.0. The summed E-state index contributed by atoms with van der Waals surface area (Å²) in [5, 5.41) is 19.9. The second-order valence-electron chi connectivity index (χ2n) is 5.97. The highest BCUT2D eigenvalue weighted by Gasteiger charge is 2.26. The molecule has 0 bridgehead atoms. The highest BCUT2D eigenvalue weighted by Crippen LogP contribution is 2.45. The second kappa shape index (κ2) is 7.87. The summed E-state index contributed by atoms with van der Waals surface area (Å²) >= 11 is 0. The summed E-state index contributed by atoms with van der Waals surface area (Å²) in [5.74, 6) is -1.60. The van der Waals surface area contributed by atoms with Crippen LogP contribution in [-0.2, 0) is 11.2 Å². The molecule has 0 saturated carbocycles. The molecule has 2 N–H and O–H groups in total. The minimum absolute atomic E-state index is 0.0426. The molecule has 28 heavy (non-hydrogen) atoms. The molecule has 0 atom stereocenters. The van der Waals surface area contributed by atoms with E-state index in [4.69, 9.17) is 19.0 Å². The Bertz CT molecular complexity index is 1080. The van der Waals surface area contributed by atoms with Gasteiger partial charge < -0.3 is 24.1 Å². The first-order valence-electron chi connectivity index (χ1n) is 8.33. The summed E-state index contributed by atoms with van der Waals surface area (Å²) < 4.78 is 15.9. The number of phenolic OH excluding ortho intramolecular Hbond substituents is 1. The number of fused-ring (bicyclic) bond motifs is 1. The minimum atomic E-state index is -0.938. The third-order valence-corrected chi connectivity index (χ3v) is 4.18. The van der Waals surface area contributed by atoms with E-state index < -0.39 is 11.8 Å². The number of phenols is 1. The molecule has 7 nitrogen and oxygen atoms in total. The number of carbonyl (C=O) groups is 2. The van der Waals surface area contributed by atoms with E-state index in [0.717, 1.165) is 0 Å². The quantitative estimate of drug-likeness (QED) is 0.474. The normalized spacial score (nSPS) is 11.1. The Morgan fingerprint density at radius 3 is 2.57 bits per heavy atom. The van der Waals surface area contributed by atoms with E-state index in [0.29, 0.717) is 16.5 Å². The van der Waals surface area contributed by atoms with Crippen LogP contribution in [0.2, 0.25) is 0 Å². The monoisotopic (exact) mass is 382 g/mol. The van der Waals surface area contributed by atoms with Crippen molar-refractivity contribution in [2.45, 2.75) is 6.42 Å². The molecule has 0 unspecified atom stereocenters. The SMILES string of the molecule is COc1c(C(=O)/C=C/c2cccc(CC(=O)O)c2)c(O)c(OC)c2occc12. The minimum Gasteiger partial charge on any atom is -0.504 e. The molecular weight excluding hydrogens is 364 g/mol. The van der Waals surface area contributed by atoms with Crippen molar-refractivity contribution in [1.82, 2.24) is 0 Å². The molecule has 7 heteroatoms. The fraction of sp³-hybridized carbons (Fsp3) is 0.143. The number of rotatable bonds is 7. The Hall–Kier alpha value is -3.74. The van der Waals surface area contributed by atoms with Gasteiger partial charge >= 0.3 is 5.97 Å². The molecule has 0 aliphatic rings. The number of ketones is 1. The molecule has 0 saturated heterocycles. The number of hydrogen-bond donors (Lipinski definition) is 2. The molecular formula is C21H18O7. The predicted octanol–water partition coefficient (Wildman–Crippen LogP) is 3.68. The van der Waals surface area contributed by atoms with Crippen molar-refractivity contribution >= 4 is 28.8 Å². The number of furan rings is 1. The van der Waals surface area contributed by atoms with Gasteiger partial charge in [0.1, 0.15) is 11.3 Å². The number of methoxy groups -OCH3 is 2. The van der Waals surface area contributed by atoms with Crippen LogP contribution < -0.4 is 9.47 Å². The van der Waals surface area contributed by atoms with Gasteiger partial charge in [0.15, 0.2) is 17.1 Å². The van der Waals surface area contributed by atoms with Crippen molar-refractivity contribution in [2.24, 2.45) is 0 Å². The lowest BCUT2D eigenvalue weighted by Gasteiger charge is -2.13. The number of aliphatic carboxylic acids is 1. The molecule has 2 aromatic carbocycles. The Labute approximate surface area is 160 Å². The van der Waals surface area contributed by atoms with Gasteiger partial charge in [0.2, 0.25) is 5.75 Å². The van der Waals surface area contributed by atoms with E-state index in [-0.39, 0.29) is 34.8 Å². The molecule has 3 aromatic rings. The van der Waals surface area contributed by atoms with Crippen LogP contribution in [0.4, 0.5) is 0 Å². The average molecular weight is 382 g/mol. The third-order valence-electron chi connectivity index (χ3n) is 4.18. The number of carbonyl (C=O) groups excluding carboxylic acids is 1. The fourth-order valence-electron chi connectivity index (χ4n) is 2.99. The lowest BCUT2D eigenvalue weighted by Crippen LogP contribution is -2.02. The molecule has 3 rings (SSSR count). The highest BCUT2D eigenvalue weighted by molar-refractivity contribution is 6.15. The van der Waals surface area contributed by atoms with Crippen molar-refractivity contribution in [3.63, 3.8) is 0 Å². The van der Waals surface area contributed by atoms with Gasteiger partial charge in [0, 0.05) is 0 Å². The van der Waals surface area contributed by atoms with Gasteiger partial charge in [-0.2, -0.15) is 0 Å². The van der Waals surface area contributed by atoms with Crippen LogP contribution >= 0.6 is 0 Å². The smallest absolute Gasteiger partial charge is 0.307 e. The Balaban J connectivity index is 2.01. The van der Waals surface area contributed by atoms with Gasteiger partial charge in [-0.15, -0.1) is 0 Å². The maximum atomic E-state index is 12.8. The van der Waals surface area contributed by atoms with Crippen LogP contribution in [0.1, 0.15) is 21.5 Å². The summed E-state index contributed by atoms with van der Waals surface area (Å²) in [5.41, 5.74) is 1.50. The van der Waals surface area contributed by atoms with Gasteiger partial charge in [0.25, 0.3) is 0 Å². The van der Waals surface area contributed by atoms with Crippen LogP contribution in [0.25, 0.3) is 17.0 Å². The standard InChI is InChI=1S/C21H18O7/c1-26-19-14-8-9-28-20(14)21(27-2)18(25)17(19)15(22)7-6-12-4-3-5-13(10-12)11-16(23)24/h3-10,25H,11H2,1-2H3,(H,23,24)/b7-6+. The average Bonchev–Trinajstić information content (AvgIpc) is 3.14. The van der Waals surface area contributed by atoms with Gasteiger partial charge in [-0.05, 0) is 23.3 Å². The molecule has 0 fully saturated rings. The summed E-state index contributed by atoms with van der Waals surface area (Å²) in [6.45, 7) is 0. The molecule has 144 valence electrons. The van der Waals surface area contributed by atoms with Crippen molar-refractivity contribution in [2.75, 3.05) is 14.2 Å². The van der Waals surface area contributed by atoms with E-state index in [9.17, 15) is 14.7 Å².